The van der Waals surface area contributed by atoms with Crippen LogP contribution >= 0.6 is 0 Å². The molecule has 19 heavy (non-hydrogen) atoms. The van der Waals surface area contributed by atoms with Gasteiger partial charge in [0.25, 0.3) is 5.69 Å². The highest BCUT2D eigenvalue weighted by Crippen LogP contribution is 2.38. The van der Waals surface area contributed by atoms with Gasteiger partial charge in [-0.15, -0.1) is 0 Å². The van der Waals surface area contributed by atoms with Crippen LogP contribution in [-0.2, 0) is 0 Å². The lowest BCUT2D eigenvalue weighted by atomic mass is 9.92. The maximum atomic E-state index is 10.9. The van der Waals surface area contributed by atoms with Crippen LogP contribution in [0.2, 0.25) is 0 Å². The van der Waals surface area contributed by atoms with E-state index in [1.807, 2.05) is 0 Å². The number of aromatic nitrogens is 1. The first-order valence-corrected chi connectivity index (χ1v) is 6.50. The predicted octanol–water partition coefficient (Wildman–Crippen LogP) is 3.02. The zero-order chi connectivity index (χ0) is 14.0. The van der Waals surface area contributed by atoms with Crippen LogP contribution in [0.15, 0.2) is 12.1 Å². The number of anilines is 2. The molecular weight excluding hydrogens is 244 g/mol. The number of rotatable bonds is 4. The maximum Gasteiger partial charge on any atom is 0.276 e. The molecule has 1 aromatic rings. The molecule has 0 aromatic carbocycles. The summed E-state index contributed by atoms with van der Waals surface area (Å²) in [5.41, 5.74) is 0.392. The Morgan fingerprint density at radius 2 is 2.11 bits per heavy atom. The Hall–Kier alpha value is -1.85. The minimum Gasteiger partial charge on any atom is -0.373 e. The van der Waals surface area contributed by atoms with Gasteiger partial charge in [0.05, 0.1) is 17.1 Å². The Kier molecular flexibility index (Phi) is 3.59. The molecule has 0 aliphatic heterocycles. The number of nitrogens with one attached hydrogen (secondary N) is 2. The van der Waals surface area contributed by atoms with Gasteiger partial charge in [0.2, 0.25) is 0 Å². The molecule has 2 rings (SSSR count). The smallest absolute Gasteiger partial charge is 0.276 e. The highest BCUT2D eigenvalue weighted by molar-refractivity contribution is 5.54. The summed E-state index contributed by atoms with van der Waals surface area (Å²) in [6.07, 6.45) is 3.30. The van der Waals surface area contributed by atoms with Crippen molar-refractivity contribution in [1.29, 1.82) is 0 Å². The summed E-state index contributed by atoms with van der Waals surface area (Å²) in [5, 5.41) is 17.0. The fourth-order valence-electron chi connectivity index (χ4n) is 2.59. The average molecular weight is 264 g/mol. The molecule has 0 bridgehead atoms. The van der Waals surface area contributed by atoms with E-state index in [1.165, 1.54) is 18.6 Å². The molecule has 6 heteroatoms. The van der Waals surface area contributed by atoms with Crippen molar-refractivity contribution in [2.45, 2.75) is 39.2 Å². The minimum absolute atomic E-state index is 0.0547. The van der Waals surface area contributed by atoms with Crippen molar-refractivity contribution in [2.24, 2.45) is 5.41 Å². The summed E-state index contributed by atoms with van der Waals surface area (Å²) >= 11 is 0. The Balaban J connectivity index is 2.16. The van der Waals surface area contributed by atoms with E-state index < -0.39 is 4.92 Å². The maximum absolute atomic E-state index is 10.9. The van der Waals surface area contributed by atoms with Crippen molar-refractivity contribution in [1.82, 2.24) is 4.98 Å². The van der Waals surface area contributed by atoms with Gasteiger partial charge >= 0.3 is 0 Å². The van der Waals surface area contributed by atoms with Crippen LogP contribution in [0.5, 0.6) is 0 Å². The normalized spacial score (nSPS) is 21.1. The topological polar surface area (TPSA) is 80.1 Å². The molecule has 1 fully saturated rings. The van der Waals surface area contributed by atoms with E-state index in [4.69, 9.17) is 0 Å². The van der Waals surface area contributed by atoms with Crippen LogP contribution in [0, 0.1) is 15.5 Å². The number of pyridine rings is 1. The molecular formula is C13H20N4O2. The van der Waals surface area contributed by atoms with Crippen LogP contribution in [0.25, 0.3) is 0 Å². The van der Waals surface area contributed by atoms with Crippen LogP contribution in [0.3, 0.4) is 0 Å². The third-order valence-corrected chi connectivity index (χ3v) is 3.60. The lowest BCUT2D eigenvalue weighted by Crippen LogP contribution is -2.18. The van der Waals surface area contributed by atoms with Gasteiger partial charge in [0.15, 0.2) is 0 Å². The Labute approximate surface area is 112 Å². The average Bonchev–Trinajstić information content (AvgIpc) is 2.68. The molecule has 0 spiro atoms. The van der Waals surface area contributed by atoms with E-state index in [2.05, 4.69) is 29.5 Å². The number of hydrogen-bond acceptors (Lipinski definition) is 5. The molecule has 0 radical (unpaired) electrons. The highest BCUT2D eigenvalue weighted by Gasteiger charge is 2.31. The molecule has 0 amide bonds. The lowest BCUT2D eigenvalue weighted by molar-refractivity contribution is -0.384. The van der Waals surface area contributed by atoms with E-state index in [9.17, 15) is 10.1 Å². The van der Waals surface area contributed by atoms with Gasteiger partial charge in [-0.25, -0.2) is 4.98 Å². The Morgan fingerprint density at radius 3 is 2.63 bits per heavy atom. The van der Waals surface area contributed by atoms with Crippen LogP contribution in [-0.4, -0.2) is 23.0 Å². The molecule has 1 aliphatic rings. The molecule has 6 nitrogen and oxygen atoms in total. The summed E-state index contributed by atoms with van der Waals surface area (Å²) in [6.45, 7) is 4.49. The minimum atomic E-state index is -0.397. The fraction of sp³-hybridized carbons (Fsp3) is 0.615. The van der Waals surface area contributed by atoms with E-state index in [1.54, 1.807) is 7.05 Å². The summed E-state index contributed by atoms with van der Waals surface area (Å²) in [4.78, 5) is 14.8. The van der Waals surface area contributed by atoms with E-state index in [0.717, 1.165) is 12.8 Å². The van der Waals surface area contributed by atoms with Crippen molar-refractivity contribution in [2.75, 3.05) is 17.7 Å². The first-order valence-electron chi connectivity index (χ1n) is 6.50. The summed E-state index contributed by atoms with van der Waals surface area (Å²) in [6, 6.07) is 3.27. The summed E-state index contributed by atoms with van der Waals surface area (Å²) in [7, 11) is 1.70. The molecule has 1 heterocycles. The first-order chi connectivity index (χ1) is 8.89. The third-order valence-electron chi connectivity index (χ3n) is 3.60. The second-order valence-electron chi connectivity index (χ2n) is 5.85. The number of nitro groups is 1. The van der Waals surface area contributed by atoms with E-state index in [0.29, 0.717) is 23.1 Å². The van der Waals surface area contributed by atoms with Gasteiger partial charge in [-0.3, -0.25) is 10.1 Å². The third kappa shape index (κ3) is 3.33. The zero-order valence-electron chi connectivity index (χ0n) is 11.6. The first kappa shape index (κ1) is 13.6. The fourth-order valence-corrected chi connectivity index (χ4v) is 2.59. The molecule has 1 saturated carbocycles. The van der Waals surface area contributed by atoms with Crippen LogP contribution in [0.4, 0.5) is 17.3 Å². The van der Waals surface area contributed by atoms with Gasteiger partial charge in [-0.1, -0.05) is 13.8 Å². The molecule has 2 N–H and O–H groups in total. The van der Waals surface area contributed by atoms with E-state index in [-0.39, 0.29) is 5.69 Å². The van der Waals surface area contributed by atoms with Gasteiger partial charge < -0.3 is 10.6 Å². The molecule has 1 atom stereocenters. The summed E-state index contributed by atoms with van der Waals surface area (Å²) < 4.78 is 0. The summed E-state index contributed by atoms with van der Waals surface area (Å²) in [5.74, 6) is 1.08. The molecule has 104 valence electrons. The SMILES string of the molecule is CNc1cc([N+](=O)[O-])cc(NC2CCC(C)(C)C2)n1. The predicted molar refractivity (Wildman–Crippen MR) is 75.5 cm³/mol. The van der Waals surface area contributed by atoms with E-state index >= 15 is 0 Å². The molecule has 1 aliphatic carbocycles. The Morgan fingerprint density at radius 1 is 1.42 bits per heavy atom. The van der Waals surface area contributed by atoms with Crippen molar-refractivity contribution < 1.29 is 4.92 Å². The van der Waals surface area contributed by atoms with Gasteiger partial charge in [-0.05, 0) is 24.7 Å². The largest absolute Gasteiger partial charge is 0.373 e. The molecule has 1 aromatic heterocycles. The molecule has 1 unspecified atom stereocenters. The van der Waals surface area contributed by atoms with Crippen molar-refractivity contribution in [3.05, 3.63) is 22.2 Å². The number of hydrogen-bond donors (Lipinski definition) is 2. The van der Waals surface area contributed by atoms with Crippen molar-refractivity contribution >= 4 is 17.3 Å². The van der Waals surface area contributed by atoms with Gasteiger partial charge in [0, 0.05) is 13.1 Å². The standard InChI is InChI=1S/C13H20N4O2/c1-13(2)5-4-9(8-13)15-12-7-10(17(18)19)6-11(14-3)16-12/h6-7,9H,4-5,8H2,1-3H3,(H2,14,15,16). The zero-order valence-corrected chi connectivity index (χ0v) is 11.6. The number of nitrogens with zero attached hydrogens (tertiary/aromatic N) is 2. The van der Waals surface area contributed by atoms with Gasteiger partial charge in [-0.2, -0.15) is 0 Å². The van der Waals surface area contributed by atoms with Crippen molar-refractivity contribution in [3.8, 4) is 0 Å². The van der Waals surface area contributed by atoms with Gasteiger partial charge in [0.1, 0.15) is 11.6 Å². The van der Waals surface area contributed by atoms with Crippen LogP contribution < -0.4 is 10.6 Å². The van der Waals surface area contributed by atoms with Crippen LogP contribution in [0.1, 0.15) is 33.1 Å². The molecule has 0 saturated heterocycles. The second kappa shape index (κ2) is 5.03. The monoisotopic (exact) mass is 264 g/mol. The second-order valence-corrected chi connectivity index (χ2v) is 5.85. The highest BCUT2D eigenvalue weighted by atomic mass is 16.6. The lowest BCUT2D eigenvalue weighted by Gasteiger charge is -2.18. The quantitative estimate of drug-likeness (QED) is 0.645. The van der Waals surface area contributed by atoms with Crippen molar-refractivity contribution in [3.63, 3.8) is 0 Å². The Bertz CT molecular complexity index is 488.